The molecule has 2 aromatic carbocycles. The molecule has 0 radical (unpaired) electrons. The maximum atomic E-state index is 12.0. The Hall–Kier alpha value is -3.02. The molecule has 0 heterocycles. The molecule has 0 aliphatic carbocycles. The monoisotopic (exact) mass is 341 g/mol. The first-order valence-electron chi connectivity index (χ1n) is 8.02. The molecular weight excluding hydrogens is 318 g/mol. The standard InChI is InChI=1S/C19H23N3O3/c1-14-6-4-5-7-15(14)12-13-25-19(24)21-20-18(23)16-8-10-17(11-9-16)22(2)3/h4-11H,12-13H2,1-3H3,(H,20,23)(H,21,24). The third-order valence-electron chi connectivity index (χ3n) is 3.79. The van der Waals surface area contributed by atoms with Crippen LogP contribution in [-0.2, 0) is 11.2 Å². The number of rotatable bonds is 5. The van der Waals surface area contributed by atoms with E-state index in [1.807, 2.05) is 62.3 Å². The van der Waals surface area contributed by atoms with Crippen molar-refractivity contribution in [2.24, 2.45) is 0 Å². The third kappa shape index (κ3) is 5.53. The summed E-state index contributed by atoms with van der Waals surface area (Å²) in [7, 11) is 3.84. The molecule has 6 heteroatoms. The molecule has 25 heavy (non-hydrogen) atoms. The topological polar surface area (TPSA) is 70.7 Å². The lowest BCUT2D eigenvalue weighted by molar-refractivity contribution is 0.0910. The van der Waals surface area contributed by atoms with Crippen LogP contribution in [0.1, 0.15) is 21.5 Å². The Labute approximate surface area is 147 Å². The van der Waals surface area contributed by atoms with Gasteiger partial charge in [-0.2, -0.15) is 0 Å². The molecule has 0 atom stereocenters. The summed E-state index contributed by atoms with van der Waals surface area (Å²) >= 11 is 0. The number of carbonyl (C=O) groups is 2. The third-order valence-corrected chi connectivity index (χ3v) is 3.79. The number of hydrogen-bond donors (Lipinski definition) is 2. The second kappa shape index (κ2) is 8.73. The zero-order chi connectivity index (χ0) is 18.2. The van der Waals surface area contributed by atoms with Gasteiger partial charge < -0.3 is 9.64 Å². The van der Waals surface area contributed by atoms with Gasteiger partial charge in [-0.25, -0.2) is 10.2 Å². The van der Waals surface area contributed by atoms with Gasteiger partial charge in [-0.1, -0.05) is 24.3 Å². The van der Waals surface area contributed by atoms with E-state index in [4.69, 9.17) is 4.74 Å². The predicted molar refractivity (Wildman–Crippen MR) is 97.6 cm³/mol. The number of nitrogens with zero attached hydrogens (tertiary/aromatic N) is 1. The quantitative estimate of drug-likeness (QED) is 0.820. The Kier molecular flexibility index (Phi) is 6.39. The lowest BCUT2D eigenvalue weighted by Gasteiger charge is -2.13. The molecule has 6 nitrogen and oxygen atoms in total. The van der Waals surface area contributed by atoms with E-state index < -0.39 is 12.0 Å². The van der Waals surface area contributed by atoms with E-state index >= 15 is 0 Å². The van der Waals surface area contributed by atoms with Crippen LogP contribution in [0.5, 0.6) is 0 Å². The highest BCUT2D eigenvalue weighted by atomic mass is 16.6. The lowest BCUT2D eigenvalue weighted by atomic mass is 10.1. The van der Waals surface area contributed by atoms with Crippen LogP contribution in [0.4, 0.5) is 10.5 Å². The summed E-state index contributed by atoms with van der Waals surface area (Å²) in [6, 6.07) is 15.0. The number of hydrazine groups is 1. The molecule has 2 amide bonds. The van der Waals surface area contributed by atoms with Gasteiger partial charge in [-0.3, -0.25) is 10.2 Å². The maximum Gasteiger partial charge on any atom is 0.426 e. The van der Waals surface area contributed by atoms with E-state index in [0.29, 0.717) is 12.0 Å². The average Bonchev–Trinajstić information content (AvgIpc) is 2.61. The summed E-state index contributed by atoms with van der Waals surface area (Å²) < 4.78 is 5.07. The van der Waals surface area contributed by atoms with Crippen LogP contribution in [0.15, 0.2) is 48.5 Å². The first kappa shape index (κ1) is 18.3. The summed E-state index contributed by atoms with van der Waals surface area (Å²) in [6.07, 6.45) is -0.0631. The van der Waals surface area contributed by atoms with Gasteiger partial charge in [0.05, 0.1) is 6.61 Å². The van der Waals surface area contributed by atoms with Crippen molar-refractivity contribution in [1.82, 2.24) is 10.9 Å². The van der Waals surface area contributed by atoms with Gasteiger partial charge in [0, 0.05) is 31.8 Å². The Balaban J connectivity index is 1.74. The number of anilines is 1. The second-order valence-corrected chi connectivity index (χ2v) is 5.83. The fourth-order valence-electron chi connectivity index (χ4n) is 2.27. The Morgan fingerprint density at radius 2 is 1.68 bits per heavy atom. The van der Waals surface area contributed by atoms with Crippen molar-refractivity contribution < 1.29 is 14.3 Å². The summed E-state index contributed by atoms with van der Waals surface area (Å²) in [5, 5.41) is 0. The predicted octanol–water partition coefficient (Wildman–Crippen LogP) is 2.67. The SMILES string of the molecule is Cc1ccccc1CCOC(=O)NNC(=O)c1ccc(N(C)C)cc1. The van der Waals surface area contributed by atoms with Crippen molar-refractivity contribution in [2.45, 2.75) is 13.3 Å². The second-order valence-electron chi connectivity index (χ2n) is 5.83. The van der Waals surface area contributed by atoms with Crippen LogP contribution in [0.3, 0.4) is 0 Å². The number of ether oxygens (including phenoxy) is 1. The van der Waals surface area contributed by atoms with Gasteiger partial charge in [0.25, 0.3) is 5.91 Å². The van der Waals surface area contributed by atoms with E-state index in [2.05, 4.69) is 10.9 Å². The Morgan fingerprint density at radius 1 is 1.00 bits per heavy atom. The minimum Gasteiger partial charge on any atom is -0.448 e. The Morgan fingerprint density at radius 3 is 2.32 bits per heavy atom. The lowest BCUT2D eigenvalue weighted by Crippen LogP contribution is -2.42. The van der Waals surface area contributed by atoms with Crippen molar-refractivity contribution in [3.8, 4) is 0 Å². The molecular formula is C19H23N3O3. The fourth-order valence-corrected chi connectivity index (χ4v) is 2.27. The summed E-state index contributed by atoms with van der Waals surface area (Å²) in [5.41, 5.74) is 8.29. The smallest absolute Gasteiger partial charge is 0.426 e. The van der Waals surface area contributed by atoms with Gasteiger partial charge in [0.15, 0.2) is 0 Å². The van der Waals surface area contributed by atoms with E-state index in [9.17, 15) is 9.59 Å². The van der Waals surface area contributed by atoms with Crippen molar-refractivity contribution in [1.29, 1.82) is 0 Å². The first-order chi connectivity index (χ1) is 12.0. The largest absolute Gasteiger partial charge is 0.448 e. The average molecular weight is 341 g/mol. The summed E-state index contributed by atoms with van der Waals surface area (Å²) in [6.45, 7) is 2.25. The highest BCUT2D eigenvalue weighted by Crippen LogP contribution is 2.12. The van der Waals surface area contributed by atoms with Crippen LogP contribution < -0.4 is 15.8 Å². The number of amides is 2. The van der Waals surface area contributed by atoms with Crippen molar-refractivity contribution >= 4 is 17.7 Å². The fraction of sp³-hybridized carbons (Fsp3) is 0.263. The molecule has 0 saturated carbocycles. The normalized spacial score (nSPS) is 10.0. The van der Waals surface area contributed by atoms with Gasteiger partial charge in [-0.15, -0.1) is 0 Å². The highest BCUT2D eigenvalue weighted by Gasteiger charge is 2.08. The van der Waals surface area contributed by atoms with Crippen molar-refractivity contribution in [3.63, 3.8) is 0 Å². The molecule has 2 aromatic rings. The van der Waals surface area contributed by atoms with Crippen LogP contribution in [0.2, 0.25) is 0 Å². The number of carbonyl (C=O) groups excluding carboxylic acids is 2. The van der Waals surface area contributed by atoms with E-state index in [1.165, 1.54) is 0 Å². The van der Waals surface area contributed by atoms with E-state index in [1.54, 1.807) is 12.1 Å². The molecule has 0 aliphatic heterocycles. The van der Waals surface area contributed by atoms with Gasteiger partial charge >= 0.3 is 6.09 Å². The number of benzene rings is 2. The van der Waals surface area contributed by atoms with Crippen LogP contribution in [0.25, 0.3) is 0 Å². The molecule has 0 saturated heterocycles. The zero-order valence-electron chi connectivity index (χ0n) is 14.7. The van der Waals surface area contributed by atoms with Gasteiger partial charge in [0.1, 0.15) is 0 Å². The Bertz CT molecular complexity index is 727. The molecule has 0 aromatic heterocycles. The molecule has 2 N–H and O–H groups in total. The number of nitrogens with one attached hydrogen (secondary N) is 2. The molecule has 0 bridgehead atoms. The molecule has 0 spiro atoms. The highest BCUT2D eigenvalue weighted by molar-refractivity contribution is 5.95. The minimum absolute atomic E-state index is 0.240. The maximum absolute atomic E-state index is 12.0. The van der Waals surface area contributed by atoms with Gasteiger partial charge in [-0.05, 0) is 42.3 Å². The molecule has 132 valence electrons. The molecule has 0 unspecified atom stereocenters. The summed E-state index contributed by atoms with van der Waals surface area (Å²) in [4.78, 5) is 25.6. The van der Waals surface area contributed by atoms with Crippen molar-refractivity contribution in [2.75, 3.05) is 25.6 Å². The molecule has 0 aliphatic rings. The number of aryl methyl sites for hydroxylation is 1. The van der Waals surface area contributed by atoms with E-state index in [0.717, 1.165) is 16.8 Å². The van der Waals surface area contributed by atoms with E-state index in [-0.39, 0.29) is 6.61 Å². The number of hydrogen-bond acceptors (Lipinski definition) is 4. The minimum atomic E-state index is -0.688. The van der Waals surface area contributed by atoms with Crippen LogP contribution in [-0.4, -0.2) is 32.7 Å². The van der Waals surface area contributed by atoms with Crippen LogP contribution in [0, 0.1) is 6.92 Å². The summed E-state index contributed by atoms with van der Waals surface area (Å²) in [5.74, 6) is -0.402. The first-order valence-corrected chi connectivity index (χ1v) is 8.02. The molecule has 0 fully saturated rings. The van der Waals surface area contributed by atoms with Crippen molar-refractivity contribution in [3.05, 3.63) is 65.2 Å². The van der Waals surface area contributed by atoms with Gasteiger partial charge in [0.2, 0.25) is 0 Å². The zero-order valence-corrected chi connectivity index (χ0v) is 14.7. The van der Waals surface area contributed by atoms with Crippen LogP contribution >= 0.6 is 0 Å². The molecule has 2 rings (SSSR count).